The molecule has 0 unspecified atom stereocenters. The SMILES string of the molecule is CCc1c(Br)cc(F)cc1-n1ncc2c3c(sc2c1=O)CCCC3. The van der Waals surface area contributed by atoms with Crippen molar-refractivity contribution in [3.05, 3.63) is 55.0 Å². The average Bonchev–Trinajstić information content (AvgIpc) is 2.94. The third-order valence-corrected chi connectivity index (χ3v) is 6.62. The molecule has 2 aromatic heterocycles. The van der Waals surface area contributed by atoms with Gasteiger partial charge in [-0.15, -0.1) is 11.3 Å². The van der Waals surface area contributed by atoms with Crippen molar-refractivity contribution in [3.8, 4) is 5.69 Å². The normalized spacial score (nSPS) is 14.1. The molecule has 0 fully saturated rings. The summed E-state index contributed by atoms with van der Waals surface area (Å²) >= 11 is 4.97. The monoisotopic (exact) mass is 406 g/mol. The van der Waals surface area contributed by atoms with Gasteiger partial charge in [-0.25, -0.2) is 4.39 Å². The number of nitrogens with zero attached hydrogens (tertiary/aromatic N) is 2. The summed E-state index contributed by atoms with van der Waals surface area (Å²) in [6.45, 7) is 1.98. The summed E-state index contributed by atoms with van der Waals surface area (Å²) in [6.07, 6.45) is 6.86. The van der Waals surface area contributed by atoms with E-state index in [0.29, 0.717) is 16.6 Å². The molecule has 0 saturated heterocycles. The van der Waals surface area contributed by atoms with Crippen LogP contribution in [0.15, 0.2) is 27.6 Å². The zero-order chi connectivity index (χ0) is 16.8. The highest BCUT2D eigenvalue weighted by Gasteiger charge is 2.20. The fourth-order valence-electron chi connectivity index (χ4n) is 3.45. The lowest BCUT2D eigenvalue weighted by atomic mass is 9.97. The molecular formula is C18H16BrFN2OS. The number of aromatic nitrogens is 2. The van der Waals surface area contributed by atoms with E-state index in [4.69, 9.17) is 0 Å². The summed E-state index contributed by atoms with van der Waals surface area (Å²) in [4.78, 5) is 14.3. The van der Waals surface area contributed by atoms with E-state index in [-0.39, 0.29) is 11.4 Å². The molecule has 0 N–H and O–H groups in total. The predicted octanol–water partition coefficient (Wildman–Crippen LogP) is 4.79. The van der Waals surface area contributed by atoms with E-state index >= 15 is 0 Å². The number of rotatable bonds is 2. The van der Waals surface area contributed by atoms with Crippen molar-refractivity contribution in [2.24, 2.45) is 0 Å². The van der Waals surface area contributed by atoms with Crippen LogP contribution in [0.2, 0.25) is 0 Å². The van der Waals surface area contributed by atoms with E-state index in [1.807, 2.05) is 6.92 Å². The van der Waals surface area contributed by atoms with Crippen molar-refractivity contribution >= 4 is 37.4 Å². The summed E-state index contributed by atoms with van der Waals surface area (Å²) in [5.74, 6) is -0.381. The van der Waals surface area contributed by atoms with Gasteiger partial charge in [0.1, 0.15) is 10.5 Å². The largest absolute Gasteiger partial charge is 0.289 e. The second-order valence-electron chi connectivity index (χ2n) is 6.05. The molecule has 1 aliphatic rings. The minimum atomic E-state index is -0.381. The number of benzene rings is 1. The highest BCUT2D eigenvalue weighted by Crippen LogP contribution is 2.34. The van der Waals surface area contributed by atoms with Crippen LogP contribution in [-0.4, -0.2) is 9.78 Å². The number of halogens is 2. The van der Waals surface area contributed by atoms with Crippen LogP contribution in [-0.2, 0) is 19.3 Å². The summed E-state index contributed by atoms with van der Waals surface area (Å²) < 4.78 is 16.6. The van der Waals surface area contributed by atoms with Crippen molar-refractivity contribution < 1.29 is 4.39 Å². The van der Waals surface area contributed by atoms with Gasteiger partial charge in [0.05, 0.1) is 11.9 Å². The molecule has 24 heavy (non-hydrogen) atoms. The Labute approximate surface area is 151 Å². The molecule has 3 aromatic rings. The van der Waals surface area contributed by atoms with E-state index in [0.717, 1.165) is 28.5 Å². The van der Waals surface area contributed by atoms with Crippen molar-refractivity contribution in [3.63, 3.8) is 0 Å². The highest BCUT2D eigenvalue weighted by molar-refractivity contribution is 9.10. The molecule has 0 spiro atoms. The Morgan fingerprint density at radius 1 is 1.33 bits per heavy atom. The van der Waals surface area contributed by atoms with Gasteiger partial charge in [0.2, 0.25) is 0 Å². The summed E-state index contributed by atoms with van der Waals surface area (Å²) in [6, 6.07) is 2.81. The van der Waals surface area contributed by atoms with Gasteiger partial charge in [0.25, 0.3) is 5.56 Å². The minimum Gasteiger partial charge on any atom is -0.266 e. The number of fused-ring (bicyclic) bond motifs is 3. The maximum atomic E-state index is 13.9. The number of thiophene rings is 1. The lowest BCUT2D eigenvalue weighted by Gasteiger charge is -2.12. The first-order valence-corrected chi connectivity index (χ1v) is 9.72. The first-order valence-electron chi connectivity index (χ1n) is 8.11. The van der Waals surface area contributed by atoms with Crippen molar-refractivity contribution in [1.29, 1.82) is 0 Å². The number of aryl methyl sites for hydroxylation is 2. The number of hydrogen-bond donors (Lipinski definition) is 0. The van der Waals surface area contributed by atoms with Gasteiger partial charge < -0.3 is 0 Å². The van der Waals surface area contributed by atoms with Crippen LogP contribution in [0.4, 0.5) is 4.39 Å². The molecule has 1 aliphatic carbocycles. The van der Waals surface area contributed by atoms with Crippen LogP contribution in [0, 0.1) is 5.82 Å². The molecule has 2 heterocycles. The Bertz CT molecular complexity index is 1010. The van der Waals surface area contributed by atoms with Crippen molar-refractivity contribution in [1.82, 2.24) is 9.78 Å². The third kappa shape index (κ3) is 2.43. The second kappa shape index (κ2) is 6.08. The maximum absolute atomic E-state index is 13.9. The first kappa shape index (κ1) is 16.0. The molecule has 0 amide bonds. The van der Waals surface area contributed by atoms with E-state index < -0.39 is 0 Å². The quantitative estimate of drug-likeness (QED) is 0.612. The molecule has 0 saturated carbocycles. The molecular weight excluding hydrogens is 391 g/mol. The zero-order valence-corrected chi connectivity index (χ0v) is 15.6. The van der Waals surface area contributed by atoms with Crippen LogP contribution in [0.1, 0.15) is 35.8 Å². The van der Waals surface area contributed by atoms with E-state index in [2.05, 4.69) is 21.0 Å². The fourth-order valence-corrected chi connectivity index (χ4v) is 5.44. The lowest BCUT2D eigenvalue weighted by Crippen LogP contribution is -2.21. The molecule has 0 bridgehead atoms. The molecule has 3 nitrogen and oxygen atoms in total. The van der Waals surface area contributed by atoms with E-state index in [9.17, 15) is 9.18 Å². The van der Waals surface area contributed by atoms with Gasteiger partial charge in [0, 0.05) is 20.8 Å². The fraction of sp³-hybridized carbons (Fsp3) is 0.333. The van der Waals surface area contributed by atoms with Gasteiger partial charge in [-0.2, -0.15) is 9.78 Å². The lowest BCUT2D eigenvalue weighted by molar-refractivity contribution is 0.622. The van der Waals surface area contributed by atoms with E-state index in [1.165, 1.54) is 40.1 Å². The van der Waals surface area contributed by atoms with Gasteiger partial charge in [-0.1, -0.05) is 22.9 Å². The van der Waals surface area contributed by atoms with Crippen LogP contribution < -0.4 is 5.56 Å². The van der Waals surface area contributed by atoms with Crippen LogP contribution >= 0.6 is 27.3 Å². The molecule has 0 radical (unpaired) electrons. The Balaban J connectivity index is 1.99. The van der Waals surface area contributed by atoms with Gasteiger partial charge in [0.15, 0.2) is 0 Å². The Kier molecular flexibility index (Phi) is 4.04. The third-order valence-electron chi connectivity index (χ3n) is 4.62. The molecule has 1 aromatic carbocycles. The molecule has 4 rings (SSSR count). The zero-order valence-electron chi connectivity index (χ0n) is 13.2. The standard InChI is InChI=1S/C18H16BrFN2OS/c1-2-11-14(19)7-10(20)8-15(11)22-18(23)17-13(9-21-22)12-5-3-4-6-16(12)24-17/h7-9H,2-6H2,1H3. The summed E-state index contributed by atoms with van der Waals surface area (Å²) in [5, 5.41) is 5.35. The van der Waals surface area contributed by atoms with Crippen molar-refractivity contribution in [2.45, 2.75) is 39.0 Å². The topological polar surface area (TPSA) is 34.9 Å². The van der Waals surface area contributed by atoms with Gasteiger partial charge in [-0.3, -0.25) is 4.79 Å². The van der Waals surface area contributed by atoms with Gasteiger partial charge >= 0.3 is 0 Å². The Morgan fingerprint density at radius 3 is 2.92 bits per heavy atom. The van der Waals surface area contributed by atoms with E-state index in [1.54, 1.807) is 17.5 Å². The molecule has 0 aliphatic heterocycles. The first-order chi connectivity index (χ1) is 11.6. The molecule has 124 valence electrons. The molecule has 6 heteroatoms. The average molecular weight is 407 g/mol. The Hall–Kier alpha value is -1.53. The van der Waals surface area contributed by atoms with Crippen LogP contribution in [0.3, 0.4) is 0 Å². The maximum Gasteiger partial charge on any atom is 0.289 e. The van der Waals surface area contributed by atoms with Crippen LogP contribution in [0.5, 0.6) is 0 Å². The summed E-state index contributed by atoms with van der Waals surface area (Å²) in [5.41, 5.74) is 2.53. The predicted molar refractivity (Wildman–Crippen MR) is 98.9 cm³/mol. The van der Waals surface area contributed by atoms with Crippen molar-refractivity contribution in [2.75, 3.05) is 0 Å². The highest BCUT2D eigenvalue weighted by atomic mass is 79.9. The Morgan fingerprint density at radius 2 is 2.12 bits per heavy atom. The smallest absolute Gasteiger partial charge is 0.266 e. The number of hydrogen-bond acceptors (Lipinski definition) is 3. The summed E-state index contributed by atoms with van der Waals surface area (Å²) in [7, 11) is 0. The minimum absolute atomic E-state index is 0.154. The second-order valence-corrected chi connectivity index (χ2v) is 8.01. The van der Waals surface area contributed by atoms with Crippen LogP contribution in [0.25, 0.3) is 15.8 Å². The molecule has 0 atom stereocenters. The van der Waals surface area contributed by atoms with Gasteiger partial charge in [-0.05, 0) is 49.3 Å².